The molecule has 0 saturated heterocycles. The van der Waals surface area contributed by atoms with E-state index in [0.717, 1.165) is 6.42 Å². The summed E-state index contributed by atoms with van der Waals surface area (Å²) in [6, 6.07) is 0.269. The molecule has 0 N–H and O–H groups in total. The summed E-state index contributed by atoms with van der Waals surface area (Å²) in [5.74, 6) is 1.21. The molecule has 4 nitrogen and oxygen atoms in total. The van der Waals surface area contributed by atoms with E-state index in [1.165, 1.54) is 6.42 Å². The molecule has 0 heterocycles. The van der Waals surface area contributed by atoms with Crippen LogP contribution in [0.3, 0.4) is 0 Å². The van der Waals surface area contributed by atoms with Crippen LogP contribution in [0.25, 0.3) is 0 Å². The smallest absolute Gasteiger partial charge is 0.135 e. The number of hydrogen-bond donors (Lipinski definition) is 0. The standard InChI is InChI=1S/C10H18NO3/c1-12-11(13-2,14-3)10-7-8-4-5-9(10)6-8/h4-5,8-10H,6-7H2,1-3H3/q+1. The average Bonchev–Trinajstić information content (AvgIpc) is 2.83. The summed E-state index contributed by atoms with van der Waals surface area (Å²) in [5, 5.41) is 0. The molecule has 2 bridgehead atoms. The van der Waals surface area contributed by atoms with Gasteiger partial charge < -0.3 is 0 Å². The molecular formula is C10H18NO3+. The predicted molar refractivity (Wildman–Crippen MR) is 50.4 cm³/mol. The second-order valence-corrected chi connectivity index (χ2v) is 3.94. The molecule has 0 amide bonds. The Kier molecular flexibility index (Phi) is 2.62. The Morgan fingerprint density at radius 2 is 1.64 bits per heavy atom. The molecule has 3 unspecified atom stereocenters. The maximum atomic E-state index is 5.33. The topological polar surface area (TPSA) is 27.7 Å². The van der Waals surface area contributed by atoms with Crippen LogP contribution in [-0.2, 0) is 14.5 Å². The van der Waals surface area contributed by atoms with E-state index in [-0.39, 0.29) is 11.0 Å². The summed E-state index contributed by atoms with van der Waals surface area (Å²) in [6.45, 7) is 0. The number of nitrogens with zero attached hydrogens (tertiary/aromatic N) is 1. The number of allylic oxidation sites excluding steroid dienone is 1. The van der Waals surface area contributed by atoms with Crippen molar-refractivity contribution in [2.45, 2.75) is 18.9 Å². The highest BCUT2D eigenvalue weighted by Crippen LogP contribution is 2.44. The molecule has 0 aromatic rings. The van der Waals surface area contributed by atoms with Crippen molar-refractivity contribution in [1.29, 1.82) is 0 Å². The lowest BCUT2D eigenvalue weighted by Gasteiger charge is -2.33. The first-order chi connectivity index (χ1) is 6.75. The monoisotopic (exact) mass is 200 g/mol. The Morgan fingerprint density at radius 3 is 2.00 bits per heavy atom. The first kappa shape index (κ1) is 10.1. The lowest BCUT2D eigenvalue weighted by atomic mass is 10.0. The van der Waals surface area contributed by atoms with Crippen molar-refractivity contribution >= 4 is 0 Å². The lowest BCUT2D eigenvalue weighted by Crippen LogP contribution is -2.54. The first-order valence-electron chi connectivity index (χ1n) is 5.00. The van der Waals surface area contributed by atoms with Crippen molar-refractivity contribution in [1.82, 2.24) is 0 Å². The predicted octanol–water partition coefficient (Wildman–Crippen LogP) is 1.45. The number of quaternary nitrogens is 1. The number of hydroxylamine groups is 3. The van der Waals surface area contributed by atoms with Gasteiger partial charge in [0.05, 0.1) is 4.97 Å². The van der Waals surface area contributed by atoms with E-state index in [9.17, 15) is 0 Å². The fraction of sp³-hybridized carbons (Fsp3) is 0.800. The van der Waals surface area contributed by atoms with E-state index in [1.54, 1.807) is 21.3 Å². The van der Waals surface area contributed by atoms with Gasteiger partial charge in [0.15, 0.2) is 6.04 Å². The molecule has 3 atom stereocenters. The van der Waals surface area contributed by atoms with E-state index in [0.29, 0.717) is 11.8 Å². The number of rotatable bonds is 4. The molecule has 2 aliphatic carbocycles. The van der Waals surface area contributed by atoms with Crippen LogP contribution in [0, 0.1) is 11.8 Å². The zero-order chi connectivity index (χ0) is 10.2. The van der Waals surface area contributed by atoms with Crippen molar-refractivity contribution in [2.24, 2.45) is 11.8 Å². The minimum Gasteiger partial charge on any atom is -0.135 e. The van der Waals surface area contributed by atoms with Crippen molar-refractivity contribution in [3.8, 4) is 0 Å². The van der Waals surface area contributed by atoms with Crippen molar-refractivity contribution < 1.29 is 19.5 Å². The lowest BCUT2D eigenvalue weighted by molar-refractivity contribution is -1.37. The molecule has 0 spiro atoms. The highest BCUT2D eigenvalue weighted by atomic mass is 17.2. The summed E-state index contributed by atoms with van der Waals surface area (Å²) >= 11 is 0. The second kappa shape index (κ2) is 3.62. The summed E-state index contributed by atoms with van der Waals surface area (Å²) in [6.07, 6.45) is 6.83. The maximum Gasteiger partial charge on any atom is 0.194 e. The normalized spacial score (nSPS) is 35.5. The third kappa shape index (κ3) is 1.30. The summed E-state index contributed by atoms with van der Waals surface area (Å²) in [4.78, 5) is 15.8. The van der Waals surface area contributed by atoms with Crippen LogP contribution in [0.4, 0.5) is 0 Å². The molecule has 0 aromatic carbocycles. The van der Waals surface area contributed by atoms with Crippen LogP contribution < -0.4 is 0 Å². The van der Waals surface area contributed by atoms with Gasteiger partial charge in [-0.05, 0) is 12.3 Å². The minimum absolute atomic E-state index is 0.147. The Balaban J connectivity index is 2.16. The van der Waals surface area contributed by atoms with E-state index < -0.39 is 0 Å². The zero-order valence-corrected chi connectivity index (χ0v) is 8.97. The quantitative estimate of drug-likeness (QED) is 0.390. The van der Waals surface area contributed by atoms with Crippen LogP contribution in [0.15, 0.2) is 12.2 Å². The molecular weight excluding hydrogens is 182 g/mol. The van der Waals surface area contributed by atoms with Crippen LogP contribution in [0.2, 0.25) is 0 Å². The van der Waals surface area contributed by atoms with Gasteiger partial charge in [-0.3, -0.25) is 0 Å². The van der Waals surface area contributed by atoms with E-state index in [1.807, 2.05) is 0 Å². The molecule has 2 aliphatic rings. The molecule has 1 saturated carbocycles. The molecule has 4 heteroatoms. The maximum absolute atomic E-state index is 5.33. The van der Waals surface area contributed by atoms with Gasteiger partial charge in [0.2, 0.25) is 0 Å². The van der Waals surface area contributed by atoms with Crippen molar-refractivity contribution in [2.75, 3.05) is 21.3 Å². The van der Waals surface area contributed by atoms with Gasteiger partial charge in [0, 0.05) is 12.3 Å². The average molecular weight is 200 g/mol. The van der Waals surface area contributed by atoms with Crippen LogP contribution >= 0.6 is 0 Å². The molecule has 0 aromatic heterocycles. The Morgan fingerprint density at radius 1 is 1.00 bits per heavy atom. The molecule has 0 aliphatic heterocycles. The highest BCUT2D eigenvalue weighted by Gasteiger charge is 2.53. The number of hydrogen-bond acceptors (Lipinski definition) is 3. The van der Waals surface area contributed by atoms with Gasteiger partial charge >= 0.3 is 0 Å². The van der Waals surface area contributed by atoms with E-state index in [4.69, 9.17) is 14.5 Å². The molecule has 14 heavy (non-hydrogen) atoms. The third-order valence-corrected chi connectivity index (χ3v) is 3.41. The molecule has 0 radical (unpaired) electrons. The Bertz CT molecular complexity index is 229. The SMILES string of the molecule is CO[N+](OC)(OC)C1CC2C=CC1C2. The van der Waals surface area contributed by atoms with Gasteiger partial charge in [-0.25, -0.2) is 0 Å². The van der Waals surface area contributed by atoms with E-state index in [2.05, 4.69) is 12.2 Å². The Labute approximate surface area is 84.5 Å². The summed E-state index contributed by atoms with van der Waals surface area (Å²) < 4.78 is 0. The fourth-order valence-corrected chi connectivity index (χ4v) is 2.75. The van der Waals surface area contributed by atoms with Crippen LogP contribution in [0.1, 0.15) is 12.8 Å². The van der Waals surface area contributed by atoms with Gasteiger partial charge in [-0.1, -0.05) is 12.2 Å². The zero-order valence-electron chi connectivity index (χ0n) is 8.97. The Hall–Kier alpha value is -0.420. The largest absolute Gasteiger partial charge is 0.194 e. The third-order valence-electron chi connectivity index (χ3n) is 3.41. The van der Waals surface area contributed by atoms with Gasteiger partial charge in [-0.15, -0.1) is 14.5 Å². The second-order valence-electron chi connectivity index (χ2n) is 3.94. The van der Waals surface area contributed by atoms with E-state index >= 15 is 0 Å². The summed E-state index contributed by atoms with van der Waals surface area (Å²) in [7, 11) is 4.84. The summed E-state index contributed by atoms with van der Waals surface area (Å²) in [5.41, 5.74) is 0. The fourth-order valence-electron chi connectivity index (χ4n) is 2.75. The highest BCUT2D eigenvalue weighted by molar-refractivity contribution is 5.10. The van der Waals surface area contributed by atoms with Crippen molar-refractivity contribution in [3.63, 3.8) is 0 Å². The molecule has 1 fully saturated rings. The van der Waals surface area contributed by atoms with Gasteiger partial charge in [0.25, 0.3) is 0 Å². The number of fused-ring (bicyclic) bond motifs is 2. The van der Waals surface area contributed by atoms with Crippen LogP contribution in [-0.4, -0.2) is 32.3 Å². The molecule has 80 valence electrons. The minimum atomic E-state index is -0.147. The van der Waals surface area contributed by atoms with Gasteiger partial charge in [0.1, 0.15) is 21.3 Å². The first-order valence-corrected chi connectivity index (χ1v) is 5.00. The van der Waals surface area contributed by atoms with Gasteiger partial charge in [-0.2, -0.15) is 0 Å². The van der Waals surface area contributed by atoms with Crippen molar-refractivity contribution in [3.05, 3.63) is 12.2 Å². The molecule has 2 rings (SSSR count). The van der Waals surface area contributed by atoms with Crippen LogP contribution in [0.5, 0.6) is 0 Å².